The Morgan fingerprint density at radius 1 is 1.56 bits per heavy atom. The van der Waals surface area contributed by atoms with Crippen molar-refractivity contribution in [3.05, 3.63) is 17.5 Å². The summed E-state index contributed by atoms with van der Waals surface area (Å²) in [6.45, 7) is 2.33. The molecule has 7 heteroatoms. The number of carbonyl (C=O) groups excluding carboxylic acids is 1. The van der Waals surface area contributed by atoms with Crippen LogP contribution >= 0.6 is 0 Å². The number of hydrogen-bond donors (Lipinski definition) is 1. The zero-order valence-electron chi connectivity index (χ0n) is 10.5. The molecule has 7 nitrogen and oxygen atoms in total. The smallest absolute Gasteiger partial charge is 0.321 e. The molecule has 0 radical (unpaired) electrons. The van der Waals surface area contributed by atoms with Gasteiger partial charge in [0, 0.05) is 26.2 Å². The molecule has 2 aliphatic rings. The van der Waals surface area contributed by atoms with Gasteiger partial charge in [-0.15, -0.1) is 0 Å². The molecule has 3 heterocycles. The summed E-state index contributed by atoms with van der Waals surface area (Å²) in [6.07, 6.45) is 1.80. The summed E-state index contributed by atoms with van der Waals surface area (Å²) in [6, 6.07) is -0.320. The zero-order chi connectivity index (χ0) is 13.0. The van der Waals surface area contributed by atoms with Gasteiger partial charge in [-0.2, -0.15) is 5.10 Å². The van der Waals surface area contributed by atoms with E-state index in [-0.39, 0.29) is 18.1 Å². The van der Waals surface area contributed by atoms with Crippen molar-refractivity contribution in [2.24, 2.45) is 12.2 Å². The first-order valence-electron chi connectivity index (χ1n) is 5.80. The molecule has 18 heavy (non-hydrogen) atoms. The van der Waals surface area contributed by atoms with Crippen LogP contribution in [-0.4, -0.2) is 50.1 Å². The molecule has 2 bridgehead atoms. The molecule has 0 unspecified atom stereocenters. The predicted octanol–water partition coefficient (Wildman–Crippen LogP) is 0.733. The first-order valence-corrected chi connectivity index (χ1v) is 5.80. The molecule has 2 atom stereocenters. The predicted molar refractivity (Wildman–Crippen MR) is 63.5 cm³/mol. The van der Waals surface area contributed by atoms with Crippen molar-refractivity contribution in [1.29, 1.82) is 0 Å². The average molecular weight is 249 g/mol. The number of carbonyl (C=O) groups is 1. The second-order valence-corrected chi connectivity index (χ2v) is 4.81. The third kappa shape index (κ3) is 1.16. The van der Waals surface area contributed by atoms with Gasteiger partial charge in [-0.05, 0) is 6.92 Å². The van der Waals surface area contributed by atoms with Crippen molar-refractivity contribution in [1.82, 2.24) is 19.6 Å². The second-order valence-electron chi connectivity index (χ2n) is 4.81. The summed E-state index contributed by atoms with van der Waals surface area (Å²) in [5.74, 6) is 0. The van der Waals surface area contributed by atoms with Crippen molar-refractivity contribution in [3.63, 3.8) is 0 Å². The number of aromatic nitrogens is 2. The number of nitrogens with zero attached hydrogens (tertiary/aromatic N) is 5. The van der Waals surface area contributed by atoms with E-state index in [1.165, 1.54) is 0 Å². The minimum absolute atomic E-state index is 0.0378. The van der Waals surface area contributed by atoms with Gasteiger partial charge in [0.2, 0.25) is 0 Å². The fraction of sp³-hybridized carbons (Fsp3) is 0.545. The number of hydrogen-bond acceptors (Lipinski definition) is 4. The van der Waals surface area contributed by atoms with Crippen LogP contribution in [0.2, 0.25) is 0 Å². The van der Waals surface area contributed by atoms with E-state index in [4.69, 9.17) is 5.21 Å². The standard InChI is InChI=1S/C11H15N5O2/c1-6(13-18)9-10-7(4-12-15(10)3)8-5-16(9)11(17)14(8)2/h4,8-9,18H,5H2,1-3H3/b13-6+/t8-,9+/m0/s1. The molecule has 3 rings (SSSR count). The van der Waals surface area contributed by atoms with Gasteiger partial charge in [-0.1, -0.05) is 5.16 Å². The minimum atomic E-state index is -0.328. The maximum absolute atomic E-state index is 12.2. The van der Waals surface area contributed by atoms with Crippen LogP contribution in [0.1, 0.15) is 30.3 Å². The lowest BCUT2D eigenvalue weighted by Crippen LogP contribution is -2.38. The zero-order valence-corrected chi connectivity index (χ0v) is 10.5. The normalized spacial score (nSPS) is 26.8. The van der Waals surface area contributed by atoms with Gasteiger partial charge in [0.1, 0.15) is 6.04 Å². The Bertz CT molecular complexity index is 550. The maximum Gasteiger partial charge on any atom is 0.321 e. The summed E-state index contributed by atoms with van der Waals surface area (Å²) in [7, 11) is 3.63. The molecule has 0 saturated carbocycles. The van der Waals surface area contributed by atoms with E-state index in [9.17, 15) is 4.79 Å². The fourth-order valence-electron chi connectivity index (χ4n) is 2.93. The van der Waals surface area contributed by atoms with Gasteiger partial charge in [0.15, 0.2) is 0 Å². The van der Waals surface area contributed by atoms with E-state index < -0.39 is 0 Å². The lowest BCUT2D eigenvalue weighted by Gasteiger charge is -2.30. The Morgan fingerprint density at radius 3 is 2.94 bits per heavy atom. The van der Waals surface area contributed by atoms with Gasteiger partial charge < -0.3 is 15.0 Å². The van der Waals surface area contributed by atoms with E-state index in [0.29, 0.717) is 12.3 Å². The molecule has 0 aliphatic carbocycles. The van der Waals surface area contributed by atoms with Crippen LogP contribution < -0.4 is 0 Å². The lowest BCUT2D eigenvalue weighted by atomic mass is 9.95. The van der Waals surface area contributed by atoms with E-state index in [1.54, 1.807) is 34.6 Å². The molecular weight excluding hydrogens is 234 g/mol. The molecule has 1 aromatic rings. The number of rotatable bonds is 1. The molecular formula is C11H15N5O2. The minimum Gasteiger partial charge on any atom is -0.411 e. The molecule has 2 amide bonds. The van der Waals surface area contributed by atoms with Crippen LogP contribution in [-0.2, 0) is 7.05 Å². The molecule has 2 aliphatic heterocycles. The van der Waals surface area contributed by atoms with Gasteiger partial charge in [-0.25, -0.2) is 4.79 Å². The van der Waals surface area contributed by atoms with Crippen LogP contribution in [0.5, 0.6) is 0 Å². The van der Waals surface area contributed by atoms with Crippen LogP contribution in [0.15, 0.2) is 11.4 Å². The second kappa shape index (κ2) is 3.47. The first-order chi connectivity index (χ1) is 8.56. The largest absolute Gasteiger partial charge is 0.411 e. The number of fused-ring (bicyclic) bond motifs is 4. The van der Waals surface area contributed by atoms with Crippen molar-refractivity contribution in [2.45, 2.75) is 19.0 Å². The molecule has 1 N–H and O–H groups in total. The quantitative estimate of drug-likeness (QED) is 0.453. The number of amides is 2. The first kappa shape index (κ1) is 11.1. The fourth-order valence-corrected chi connectivity index (χ4v) is 2.93. The summed E-state index contributed by atoms with van der Waals surface area (Å²) in [5.41, 5.74) is 2.47. The van der Waals surface area contributed by atoms with E-state index >= 15 is 0 Å². The summed E-state index contributed by atoms with van der Waals surface area (Å²) >= 11 is 0. The summed E-state index contributed by atoms with van der Waals surface area (Å²) in [5, 5.41) is 16.6. The van der Waals surface area contributed by atoms with Crippen LogP contribution in [0.4, 0.5) is 4.79 Å². The molecule has 0 aromatic carbocycles. The third-order valence-corrected chi connectivity index (χ3v) is 3.88. The Morgan fingerprint density at radius 2 is 2.28 bits per heavy atom. The van der Waals surface area contributed by atoms with Gasteiger partial charge in [0.05, 0.1) is 23.6 Å². The Hall–Kier alpha value is -2.05. The highest BCUT2D eigenvalue weighted by atomic mass is 16.4. The monoisotopic (exact) mass is 249 g/mol. The number of urea groups is 1. The number of likely N-dealkylation sites (N-methyl/N-ethyl adjacent to an activating group) is 1. The van der Waals surface area contributed by atoms with E-state index in [0.717, 1.165) is 11.3 Å². The van der Waals surface area contributed by atoms with Crippen LogP contribution in [0, 0.1) is 0 Å². The van der Waals surface area contributed by atoms with Gasteiger partial charge in [0.25, 0.3) is 0 Å². The SMILES string of the molecule is C/C(=N\O)[C@@H]1c2c(cnn2C)[C@@H]2CN1C(=O)N2C. The topological polar surface area (TPSA) is 74.0 Å². The average Bonchev–Trinajstić information content (AvgIpc) is 2.86. The lowest BCUT2D eigenvalue weighted by molar-refractivity contribution is 0.191. The number of aryl methyl sites for hydroxylation is 1. The van der Waals surface area contributed by atoms with E-state index in [2.05, 4.69) is 10.3 Å². The highest BCUT2D eigenvalue weighted by Crippen LogP contribution is 2.43. The van der Waals surface area contributed by atoms with Crippen LogP contribution in [0.25, 0.3) is 0 Å². The Labute approximate surface area is 104 Å². The third-order valence-electron chi connectivity index (χ3n) is 3.88. The van der Waals surface area contributed by atoms with Crippen molar-refractivity contribution < 1.29 is 10.0 Å². The summed E-state index contributed by atoms with van der Waals surface area (Å²) < 4.78 is 1.75. The van der Waals surface area contributed by atoms with Gasteiger partial charge in [-0.3, -0.25) is 4.68 Å². The van der Waals surface area contributed by atoms with Crippen molar-refractivity contribution >= 4 is 11.7 Å². The van der Waals surface area contributed by atoms with Crippen LogP contribution in [0.3, 0.4) is 0 Å². The summed E-state index contributed by atoms with van der Waals surface area (Å²) in [4.78, 5) is 15.6. The molecule has 96 valence electrons. The Balaban J connectivity index is 2.21. The number of oxime groups is 1. The maximum atomic E-state index is 12.2. The van der Waals surface area contributed by atoms with E-state index in [1.807, 2.05) is 7.05 Å². The molecule has 1 saturated heterocycles. The van der Waals surface area contributed by atoms with Crippen molar-refractivity contribution in [3.8, 4) is 0 Å². The molecule has 0 spiro atoms. The highest BCUT2D eigenvalue weighted by molar-refractivity contribution is 5.93. The molecule has 1 aromatic heterocycles. The Kier molecular flexibility index (Phi) is 2.13. The van der Waals surface area contributed by atoms with Crippen molar-refractivity contribution in [2.75, 3.05) is 13.6 Å². The molecule has 1 fully saturated rings. The van der Waals surface area contributed by atoms with Gasteiger partial charge >= 0.3 is 6.03 Å². The highest BCUT2D eigenvalue weighted by Gasteiger charge is 2.48.